The van der Waals surface area contributed by atoms with Gasteiger partial charge in [-0.1, -0.05) is 27.7 Å². The molecule has 3 heteroatoms. The molecule has 2 N–H and O–H groups in total. The van der Waals surface area contributed by atoms with Crippen LogP contribution in [0.1, 0.15) is 47.0 Å². The Morgan fingerprint density at radius 2 is 1.69 bits per heavy atom. The molecule has 0 fully saturated rings. The molecule has 0 atom stereocenters. The van der Waals surface area contributed by atoms with Gasteiger partial charge in [0.2, 0.25) is 5.91 Å². The van der Waals surface area contributed by atoms with E-state index >= 15 is 0 Å². The lowest BCUT2D eigenvalue weighted by molar-refractivity contribution is -0.121. The monoisotopic (exact) mass is 229 g/mol. The van der Waals surface area contributed by atoms with Crippen molar-refractivity contribution >= 4 is 5.91 Å². The van der Waals surface area contributed by atoms with Crippen molar-refractivity contribution in [2.75, 3.05) is 13.2 Å². The van der Waals surface area contributed by atoms with Crippen LogP contribution in [0.15, 0.2) is 0 Å². The van der Waals surface area contributed by atoms with Crippen molar-refractivity contribution in [1.29, 1.82) is 0 Å². The summed E-state index contributed by atoms with van der Waals surface area (Å²) in [5.74, 6) is 1.84. The summed E-state index contributed by atoms with van der Waals surface area (Å²) in [7, 11) is 0. The molecule has 0 heterocycles. The summed E-state index contributed by atoms with van der Waals surface area (Å²) in [6.07, 6.45) is 2.02. The van der Waals surface area contributed by atoms with Crippen LogP contribution in [0.4, 0.5) is 0 Å². The molecule has 0 aliphatic carbocycles. The number of rotatable bonds is 8. The van der Waals surface area contributed by atoms with E-state index in [1.807, 2.05) is 0 Å². The molecule has 0 saturated heterocycles. The number of hydrogen-bond donors (Lipinski definition) is 2. The zero-order chi connectivity index (χ0) is 12.6. The molecule has 0 aliphatic heterocycles. The lowest BCUT2D eigenvalue weighted by atomic mass is 9.85. The summed E-state index contributed by atoms with van der Waals surface area (Å²) < 4.78 is 0. The van der Waals surface area contributed by atoms with Gasteiger partial charge in [0.1, 0.15) is 0 Å². The minimum absolute atomic E-state index is 0.111. The SMILES string of the molecule is CC(C)C(CNC(=O)CCCCO)C(C)C. The highest BCUT2D eigenvalue weighted by Crippen LogP contribution is 2.19. The minimum atomic E-state index is 0.111. The van der Waals surface area contributed by atoms with E-state index in [1.165, 1.54) is 0 Å². The Bertz CT molecular complexity index is 182. The molecule has 0 aromatic rings. The first kappa shape index (κ1) is 15.4. The molecular formula is C13H27NO2. The fraction of sp³-hybridized carbons (Fsp3) is 0.923. The van der Waals surface area contributed by atoms with Crippen molar-refractivity contribution in [2.45, 2.75) is 47.0 Å². The quantitative estimate of drug-likeness (QED) is 0.627. The van der Waals surface area contributed by atoms with Gasteiger partial charge in [0.15, 0.2) is 0 Å². The number of carbonyl (C=O) groups excluding carboxylic acids is 1. The number of hydrogen-bond acceptors (Lipinski definition) is 2. The van der Waals surface area contributed by atoms with Crippen LogP contribution in [-0.2, 0) is 4.79 Å². The average Bonchev–Trinajstić information content (AvgIpc) is 2.17. The molecule has 0 bridgehead atoms. The third kappa shape index (κ3) is 6.83. The molecular weight excluding hydrogens is 202 g/mol. The predicted molar refractivity (Wildman–Crippen MR) is 67.1 cm³/mol. The van der Waals surface area contributed by atoms with Gasteiger partial charge in [0.25, 0.3) is 0 Å². The second-order valence-electron chi connectivity index (χ2n) is 5.14. The van der Waals surface area contributed by atoms with Gasteiger partial charge in [-0.2, -0.15) is 0 Å². The van der Waals surface area contributed by atoms with Crippen LogP contribution in [0.2, 0.25) is 0 Å². The summed E-state index contributed by atoms with van der Waals surface area (Å²) in [5.41, 5.74) is 0. The zero-order valence-electron chi connectivity index (χ0n) is 11.1. The van der Waals surface area contributed by atoms with Crippen LogP contribution in [0.3, 0.4) is 0 Å². The lowest BCUT2D eigenvalue weighted by Gasteiger charge is -2.25. The Kier molecular flexibility index (Phi) is 8.26. The third-order valence-electron chi connectivity index (χ3n) is 3.06. The topological polar surface area (TPSA) is 49.3 Å². The van der Waals surface area contributed by atoms with E-state index in [1.54, 1.807) is 0 Å². The first-order valence-corrected chi connectivity index (χ1v) is 6.36. The third-order valence-corrected chi connectivity index (χ3v) is 3.06. The fourth-order valence-electron chi connectivity index (χ4n) is 1.96. The normalized spacial score (nSPS) is 11.5. The minimum Gasteiger partial charge on any atom is -0.396 e. The molecule has 96 valence electrons. The molecule has 1 amide bonds. The van der Waals surface area contributed by atoms with Crippen molar-refractivity contribution in [3.8, 4) is 0 Å². The summed E-state index contributed by atoms with van der Waals surface area (Å²) in [6, 6.07) is 0. The highest BCUT2D eigenvalue weighted by Gasteiger charge is 2.17. The van der Waals surface area contributed by atoms with Gasteiger partial charge in [-0.3, -0.25) is 4.79 Å². The maximum atomic E-state index is 11.5. The average molecular weight is 229 g/mol. The van der Waals surface area contributed by atoms with Crippen LogP contribution in [0.25, 0.3) is 0 Å². The van der Waals surface area contributed by atoms with E-state index in [9.17, 15) is 4.79 Å². The van der Waals surface area contributed by atoms with Gasteiger partial charge < -0.3 is 10.4 Å². The summed E-state index contributed by atoms with van der Waals surface area (Å²) >= 11 is 0. The summed E-state index contributed by atoms with van der Waals surface area (Å²) in [4.78, 5) is 11.5. The molecule has 3 nitrogen and oxygen atoms in total. The van der Waals surface area contributed by atoms with Crippen molar-refractivity contribution in [3.05, 3.63) is 0 Å². The summed E-state index contributed by atoms with van der Waals surface area (Å²) in [6.45, 7) is 9.73. The van der Waals surface area contributed by atoms with Crippen molar-refractivity contribution in [3.63, 3.8) is 0 Å². The second kappa shape index (κ2) is 8.57. The Morgan fingerprint density at radius 1 is 1.12 bits per heavy atom. The second-order valence-corrected chi connectivity index (χ2v) is 5.14. The van der Waals surface area contributed by atoms with Crippen LogP contribution >= 0.6 is 0 Å². The number of amides is 1. The van der Waals surface area contributed by atoms with E-state index in [4.69, 9.17) is 5.11 Å². The molecule has 0 radical (unpaired) electrons. The maximum absolute atomic E-state index is 11.5. The summed E-state index contributed by atoms with van der Waals surface area (Å²) in [5, 5.41) is 11.6. The first-order chi connectivity index (χ1) is 7.49. The molecule has 0 rings (SSSR count). The molecule has 0 unspecified atom stereocenters. The van der Waals surface area contributed by atoms with E-state index in [-0.39, 0.29) is 12.5 Å². The van der Waals surface area contributed by atoms with Crippen LogP contribution < -0.4 is 5.32 Å². The van der Waals surface area contributed by atoms with Crippen molar-refractivity contribution in [1.82, 2.24) is 5.32 Å². The highest BCUT2D eigenvalue weighted by atomic mass is 16.2. The highest BCUT2D eigenvalue weighted by molar-refractivity contribution is 5.75. The lowest BCUT2D eigenvalue weighted by Crippen LogP contribution is -2.33. The molecule has 0 aromatic heterocycles. The van der Waals surface area contributed by atoms with Gasteiger partial charge in [-0.25, -0.2) is 0 Å². The number of aliphatic hydroxyl groups is 1. The molecule has 0 saturated carbocycles. The number of aliphatic hydroxyl groups excluding tert-OH is 1. The molecule has 16 heavy (non-hydrogen) atoms. The van der Waals surface area contributed by atoms with Crippen molar-refractivity contribution < 1.29 is 9.90 Å². The zero-order valence-corrected chi connectivity index (χ0v) is 11.1. The predicted octanol–water partition coefficient (Wildman–Crippen LogP) is 2.19. The van der Waals surface area contributed by atoms with E-state index in [0.717, 1.165) is 13.0 Å². The number of nitrogens with one attached hydrogen (secondary N) is 1. The number of unbranched alkanes of at least 4 members (excludes halogenated alkanes) is 1. The Morgan fingerprint density at radius 3 is 2.12 bits per heavy atom. The molecule has 0 spiro atoms. The van der Waals surface area contributed by atoms with Crippen molar-refractivity contribution in [2.24, 2.45) is 17.8 Å². The van der Waals surface area contributed by atoms with Crippen LogP contribution in [-0.4, -0.2) is 24.2 Å². The Hall–Kier alpha value is -0.570. The van der Waals surface area contributed by atoms with Crippen LogP contribution in [0, 0.1) is 17.8 Å². The largest absolute Gasteiger partial charge is 0.396 e. The van der Waals surface area contributed by atoms with Gasteiger partial charge >= 0.3 is 0 Å². The Labute approximate surface area is 99.6 Å². The molecule has 0 aromatic carbocycles. The number of carbonyl (C=O) groups is 1. The Balaban J connectivity index is 3.79. The van der Waals surface area contributed by atoms with Crippen LogP contribution in [0.5, 0.6) is 0 Å². The maximum Gasteiger partial charge on any atom is 0.220 e. The fourth-order valence-corrected chi connectivity index (χ4v) is 1.96. The smallest absolute Gasteiger partial charge is 0.220 e. The van der Waals surface area contributed by atoms with Gasteiger partial charge in [-0.15, -0.1) is 0 Å². The van der Waals surface area contributed by atoms with Gasteiger partial charge in [0.05, 0.1) is 0 Å². The first-order valence-electron chi connectivity index (χ1n) is 6.36. The van der Waals surface area contributed by atoms with Gasteiger partial charge in [0, 0.05) is 19.6 Å². The van der Waals surface area contributed by atoms with E-state index in [2.05, 4.69) is 33.0 Å². The standard InChI is InChI=1S/C13H27NO2/c1-10(2)12(11(3)4)9-14-13(16)7-5-6-8-15/h10-12,15H,5-9H2,1-4H3,(H,14,16). The van der Waals surface area contributed by atoms with E-state index in [0.29, 0.717) is 30.6 Å². The van der Waals surface area contributed by atoms with Gasteiger partial charge in [-0.05, 0) is 30.6 Å². The molecule has 0 aliphatic rings. The van der Waals surface area contributed by atoms with E-state index < -0.39 is 0 Å².